The number of H-pyrrole nitrogens is 1. The van der Waals surface area contributed by atoms with Crippen LogP contribution in [0.25, 0.3) is 11.0 Å². The van der Waals surface area contributed by atoms with E-state index in [0.29, 0.717) is 9.99 Å². The van der Waals surface area contributed by atoms with Crippen molar-refractivity contribution in [3.63, 3.8) is 0 Å². The molecule has 2 heterocycles. The highest BCUT2D eigenvalue weighted by Gasteiger charge is 2.07. The predicted octanol–water partition coefficient (Wildman–Crippen LogP) is 2.04. The summed E-state index contributed by atoms with van der Waals surface area (Å²) in [6.45, 7) is 0. The van der Waals surface area contributed by atoms with Gasteiger partial charge in [-0.2, -0.15) is 0 Å². The van der Waals surface area contributed by atoms with Gasteiger partial charge in [0.05, 0.1) is 9.99 Å². The number of aromatic amines is 1. The van der Waals surface area contributed by atoms with Crippen LogP contribution in [0.5, 0.6) is 5.75 Å². The molecule has 0 unspecified atom stereocenters. The minimum absolute atomic E-state index is 0.182. The van der Waals surface area contributed by atoms with Crippen molar-refractivity contribution in [1.82, 2.24) is 9.97 Å². The van der Waals surface area contributed by atoms with Gasteiger partial charge in [0.25, 0.3) is 5.56 Å². The van der Waals surface area contributed by atoms with Crippen molar-refractivity contribution >= 4 is 38.6 Å². The molecule has 2 aromatic rings. The molecule has 0 radical (unpaired) electrons. The Bertz CT molecular complexity index is 567. The zero-order valence-electron chi connectivity index (χ0n) is 6.71. The first-order chi connectivity index (χ1) is 6.58. The summed E-state index contributed by atoms with van der Waals surface area (Å²) < 4.78 is 0.563. The first-order valence-corrected chi connectivity index (χ1v) is 4.83. The number of aromatic hydroxyl groups is 1. The molecule has 14 heavy (non-hydrogen) atoms. The lowest BCUT2D eigenvalue weighted by Gasteiger charge is -2.01. The van der Waals surface area contributed by atoms with Crippen LogP contribution in [-0.2, 0) is 0 Å². The molecule has 0 saturated heterocycles. The average Bonchev–Trinajstić information content (AvgIpc) is 2.08. The van der Waals surface area contributed by atoms with E-state index < -0.39 is 0 Å². The maximum Gasteiger partial charge on any atom is 0.252 e. The van der Waals surface area contributed by atoms with Crippen LogP contribution in [0.15, 0.2) is 21.4 Å². The van der Waals surface area contributed by atoms with Crippen molar-refractivity contribution in [3.05, 3.63) is 32.1 Å². The fraction of sp³-hybridized carbons (Fsp3) is 0. The Labute approximate surface area is 91.7 Å². The van der Waals surface area contributed by atoms with E-state index in [1.54, 1.807) is 6.07 Å². The molecule has 72 valence electrons. The number of fused-ring (bicyclic) bond motifs is 1. The van der Waals surface area contributed by atoms with Crippen molar-refractivity contribution in [3.8, 4) is 5.75 Å². The SMILES string of the molecule is O=c1cc(O)c2nc(Cl)c(Br)cc2[nH]1. The normalized spacial score (nSPS) is 10.7. The third kappa shape index (κ3) is 1.49. The molecule has 2 aromatic heterocycles. The zero-order chi connectivity index (χ0) is 10.3. The Morgan fingerprint density at radius 3 is 2.93 bits per heavy atom. The summed E-state index contributed by atoms with van der Waals surface area (Å²) in [6, 6.07) is 2.64. The van der Waals surface area contributed by atoms with Crippen LogP contribution in [0.1, 0.15) is 0 Å². The van der Waals surface area contributed by atoms with Gasteiger partial charge >= 0.3 is 0 Å². The minimum atomic E-state index is -0.383. The van der Waals surface area contributed by atoms with E-state index in [4.69, 9.17) is 11.6 Å². The molecule has 0 atom stereocenters. The summed E-state index contributed by atoms with van der Waals surface area (Å²) >= 11 is 8.91. The molecular formula is C8H4BrClN2O2. The summed E-state index contributed by atoms with van der Waals surface area (Å²) in [4.78, 5) is 17.5. The van der Waals surface area contributed by atoms with E-state index >= 15 is 0 Å². The van der Waals surface area contributed by atoms with Crippen molar-refractivity contribution in [2.45, 2.75) is 0 Å². The van der Waals surface area contributed by atoms with Gasteiger partial charge in [0.15, 0.2) is 0 Å². The van der Waals surface area contributed by atoms with Gasteiger partial charge < -0.3 is 10.1 Å². The molecule has 2 rings (SSSR count). The van der Waals surface area contributed by atoms with Crippen molar-refractivity contribution in [2.75, 3.05) is 0 Å². The Morgan fingerprint density at radius 1 is 1.50 bits per heavy atom. The minimum Gasteiger partial charge on any atom is -0.505 e. The quantitative estimate of drug-likeness (QED) is 0.723. The van der Waals surface area contributed by atoms with Crippen LogP contribution >= 0.6 is 27.5 Å². The third-order valence-electron chi connectivity index (χ3n) is 1.70. The number of halogens is 2. The lowest BCUT2D eigenvalue weighted by molar-refractivity contribution is 0.479. The monoisotopic (exact) mass is 274 g/mol. The summed E-state index contributed by atoms with van der Waals surface area (Å²) in [6.07, 6.45) is 0. The second-order valence-corrected chi connectivity index (χ2v) is 3.89. The van der Waals surface area contributed by atoms with Gasteiger partial charge in [-0.05, 0) is 22.0 Å². The molecule has 4 nitrogen and oxygen atoms in total. The molecule has 0 aliphatic carbocycles. The van der Waals surface area contributed by atoms with Gasteiger partial charge in [0.2, 0.25) is 0 Å². The maximum atomic E-state index is 11.0. The molecule has 6 heteroatoms. The molecule has 0 aromatic carbocycles. The predicted molar refractivity (Wildman–Crippen MR) is 56.7 cm³/mol. The Morgan fingerprint density at radius 2 is 2.21 bits per heavy atom. The number of aromatic nitrogens is 2. The zero-order valence-corrected chi connectivity index (χ0v) is 9.06. The Hall–Kier alpha value is -1.07. The fourth-order valence-corrected chi connectivity index (χ4v) is 1.57. The molecule has 0 aliphatic heterocycles. The number of hydrogen-bond acceptors (Lipinski definition) is 3. The smallest absolute Gasteiger partial charge is 0.252 e. The Kier molecular flexibility index (Phi) is 2.20. The highest BCUT2D eigenvalue weighted by Crippen LogP contribution is 2.27. The van der Waals surface area contributed by atoms with Gasteiger partial charge in [0, 0.05) is 6.07 Å². The van der Waals surface area contributed by atoms with Gasteiger partial charge in [-0.25, -0.2) is 4.98 Å². The molecule has 0 amide bonds. The van der Waals surface area contributed by atoms with E-state index in [-0.39, 0.29) is 22.0 Å². The van der Waals surface area contributed by atoms with Crippen LogP contribution in [0.4, 0.5) is 0 Å². The first-order valence-electron chi connectivity index (χ1n) is 3.66. The average molecular weight is 275 g/mol. The van der Waals surface area contributed by atoms with E-state index in [1.165, 1.54) is 0 Å². The van der Waals surface area contributed by atoms with Gasteiger partial charge in [0.1, 0.15) is 16.4 Å². The highest BCUT2D eigenvalue weighted by atomic mass is 79.9. The second kappa shape index (κ2) is 3.25. The van der Waals surface area contributed by atoms with Crippen molar-refractivity contribution < 1.29 is 5.11 Å². The molecule has 0 bridgehead atoms. The summed E-state index contributed by atoms with van der Waals surface area (Å²) in [7, 11) is 0. The molecular weight excluding hydrogens is 271 g/mol. The van der Waals surface area contributed by atoms with Gasteiger partial charge in [-0.15, -0.1) is 0 Å². The molecule has 0 spiro atoms. The van der Waals surface area contributed by atoms with Crippen LogP contribution < -0.4 is 5.56 Å². The lowest BCUT2D eigenvalue weighted by Crippen LogP contribution is -2.03. The lowest BCUT2D eigenvalue weighted by atomic mass is 10.3. The van der Waals surface area contributed by atoms with Crippen LogP contribution in [0.2, 0.25) is 5.15 Å². The van der Waals surface area contributed by atoms with Gasteiger partial charge in [-0.1, -0.05) is 11.6 Å². The van der Waals surface area contributed by atoms with Crippen molar-refractivity contribution in [2.24, 2.45) is 0 Å². The third-order valence-corrected chi connectivity index (χ3v) is 2.82. The fourth-order valence-electron chi connectivity index (χ4n) is 1.12. The molecule has 0 aliphatic rings. The van der Waals surface area contributed by atoms with Crippen LogP contribution in [-0.4, -0.2) is 15.1 Å². The number of rotatable bonds is 0. The summed E-state index contributed by atoms with van der Waals surface area (Å²) in [5.41, 5.74) is 0.329. The van der Waals surface area contributed by atoms with Crippen LogP contribution in [0.3, 0.4) is 0 Å². The number of pyridine rings is 2. The van der Waals surface area contributed by atoms with Crippen molar-refractivity contribution in [1.29, 1.82) is 0 Å². The number of nitrogens with zero attached hydrogens (tertiary/aromatic N) is 1. The van der Waals surface area contributed by atoms with Gasteiger partial charge in [-0.3, -0.25) is 4.79 Å². The topological polar surface area (TPSA) is 66.0 Å². The van der Waals surface area contributed by atoms with E-state index in [0.717, 1.165) is 6.07 Å². The molecule has 2 N–H and O–H groups in total. The van der Waals surface area contributed by atoms with Crippen LogP contribution in [0, 0.1) is 0 Å². The highest BCUT2D eigenvalue weighted by molar-refractivity contribution is 9.10. The van der Waals surface area contributed by atoms with E-state index in [1.807, 2.05) is 0 Å². The standard InChI is InChI=1S/C8H4BrClN2O2/c9-3-1-4-7(12-8(3)10)5(13)2-6(14)11-4/h1-2H,(H2,11,13,14). The van der Waals surface area contributed by atoms with E-state index in [9.17, 15) is 9.90 Å². The molecule has 0 fully saturated rings. The summed E-state index contributed by atoms with van der Waals surface area (Å²) in [5, 5.41) is 9.65. The maximum absolute atomic E-state index is 11.0. The first kappa shape index (κ1) is 9.48. The Balaban J connectivity index is 2.96. The molecule has 0 saturated carbocycles. The largest absolute Gasteiger partial charge is 0.505 e. The summed E-state index contributed by atoms with van der Waals surface area (Å²) in [5.74, 6) is -0.182. The number of nitrogens with one attached hydrogen (secondary N) is 1. The second-order valence-electron chi connectivity index (χ2n) is 2.68. The number of hydrogen-bond donors (Lipinski definition) is 2. The van der Waals surface area contributed by atoms with E-state index in [2.05, 4.69) is 25.9 Å².